The lowest BCUT2D eigenvalue weighted by Gasteiger charge is -2.06. The van der Waals surface area contributed by atoms with Gasteiger partial charge in [-0.1, -0.05) is 31.2 Å². The topological polar surface area (TPSA) is 56.0 Å². The van der Waals surface area contributed by atoms with Crippen LogP contribution in [0.1, 0.15) is 18.9 Å². The van der Waals surface area contributed by atoms with Crippen LogP contribution < -0.4 is 11.0 Å². The number of para-hydroxylation sites is 2. The second kappa shape index (κ2) is 7.99. The van der Waals surface area contributed by atoms with Crippen molar-refractivity contribution in [1.82, 2.24) is 14.5 Å². The first kappa shape index (κ1) is 17.9. The third-order valence-electron chi connectivity index (χ3n) is 4.30. The zero-order valence-corrected chi connectivity index (χ0v) is 14.7. The molecule has 1 heterocycles. The number of hydrogen-bond acceptors (Lipinski definition) is 2. The maximum Gasteiger partial charge on any atom is 0.329 e. The highest BCUT2D eigenvalue weighted by Crippen LogP contribution is 2.13. The number of fused-ring (bicyclic) bond motifs is 1. The quantitative estimate of drug-likeness (QED) is 0.708. The largest absolute Gasteiger partial charge is 0.354 e. The Labute approximate surface area is 151 Å². The second-order valence-corrected chi connectivity index (χ2v) is 6.24. The molecule has 3 aromatic rings. The Hall–Kier alpha value is -2.89. The lowest BCUT2D eigenvalue weighted by Crippen LogP contribution is -2.34. The number of aryl methyl sites for hydroxylation is 1. The van der Waals surface area contributed by atoms with Gasteiger partial charge in [0.15, 0.2) is 0 Å². The van der Waals surface area contributed by atoms with Crippen LogP contribution >= 0.6 is 0 Å². The lowest BCUT2D eigenvalue weighted by atomic mass is 10.1. The van der Waals surface area contributed by atoms with E-state index in [0.29, 0.717) is 19.5 Å². The van der Waals surface area contributed by atoms with Crippen molar-refractivity contribution in [2.24, 2.45) is 0 Å². The van der Waals surface area contributed by atoms with Crippen molar-refractivity contribution in [3.8, 4) is 0 Å². The van der Waals surface area contributed by atoms with Gasteiger partial charge in [0.2, 0.25) is 5.91 Å². The van der Waals surface area contributed by atoms with Crippen LogP contribution in [-0.4, -0.2) is 21.6 Å². The van der Waals surface area contributed by atoms with Gasteiger partial charge in [-0.2, -0.15) is 0 Å². The van der Waals surface area contributed by atoms with Crippen LogP contribution in [0, 0.1) is 5.82 Å². The Morgan fingerprint density at radius 3 is 2.50 bits per heavy atom. The van der Waals surface area contributed by atoms with Crippen LogP contribution in [-0.2, 0) is 24.3 Å². The minimum absolute atomic E-state index is 0.0286. The van der Waals surface area contributed by atoms with Crippen molar-refractivity contribution in [1.29, 1.82) is 0 Å². The van der Waals surface area contributed by atoms with Gasteiger partial charge in [0, 0.05) is 13.1 Å². The van der Waals surface area contributed by atoms with Gasteiger partial charge in [-0.15, -0.1) is 0 Å². The van der Waals surface area contributed by atoms with E-state index in [1.165, 1.54) is 16.7 Å². The highest BCUT2D eigenvalue weighted by atomic mass is 19.1. The van der Waals surface area contributed by atoms with Crippen molar-refractivity contribution >= 4 is 16.9 Å². The van der Waals surface area contributed by atoms with E-state index >= 15 is 0 Å². The van der Waals surface area contributed by atoms with E-state index in [1.54, 1.807) is 10.6 Å². The van der Waals surface area contributed by atoms with Crippen molar-refractivity contribution < 1.29 is 9.18 Å². The Balaban J connectivity index is 1.69. The molecule has 136 valence electrons. The molecule has 0 saturated carbocycles. The molecule has 0 aliphatic carbocycles. The van der Waals surface area contributed by atoms with Crippen molar-refractivity contribution in [3.63, 3.8) is 0 Å². The van der Waals surface area contributed by atoms with Crippen LogP contribution in [0.4, 0.5) is 4.39 Å². The van der Waals surface area contributed by atoms with Gasteiger partial charge >= 0.3 is 5.69 Å². The summed E-state index contributed by atoms with van der Waals surface area (Å²) in [6.07, 6.45) is 1.38. The van der Waals surface area contributed by atoms with Crippen LogP contribution in [0.2, 0.25) is 0 Å². The molecule has 0 atom stereocenters. The average molecular weight is 355 g/mol. The van der Waals surface area contributed by atoms with E-state index in [-0.39, 0.29) is 24.0 Å². The van der Waals surface area contributed by atoms with E-state index in [1.807, 2.05) is 37.3 Å². The first-order chi connectivity index (χ1) is 12.6. The predicted molar refractivity (Wildman–Crippen MR) is 99.6 cm³/mol. The summed E-state index contributed by atoms with van der Waals surface area (Å²) in [5.41, 5.74) is 2.24. The van der Waals surface area contributed by atoms with Crippen LogP contribution in [0.25, 0.3) is 11.0 Å². The summed E-state index contributed by atoms with van der Waals surface area (Å²) in [5, 5.41) is 2.80. The second-order valence-electron chi connectivity index (χ2n) is 6.24. The van der Waals surface area contributed by atoms with Crippen molar-refractivity contribution in [3.05, 3.63) is 70.4 Å². The molecule has 3 rings (SSSR count). The van der Waals surface area contributed by atoms with E-state index < -0.39 is 0 Å². The molecule has 0 unspecified atom stereocenters. The molecule has 0 spiro atoms. The van der Waals surface area contributed by atoms with E-state index in [4.69, 9.17) is 0 Å². The summed E-state index contributed by atoms with van der Waals surface area (Å²) in [5.74, 6) is -0.521. The van der Waals surface area contributed by atoms with Crippen molar-refractivity contribution in [2.75, 3.05) is 6.54 Å². The number of carbonyl (C=O) groups excluding carboxylic acids is 1. The number of nitrogens with zero attached hydrogens (tertiary/aromatic N) is 2. The number of aromatic nitrogens is 2. The molecular formula is C20H22FN3O2. The van der Waals surface area contributed by atoms with Gasteiger partial charge < -0.3 is 5.32 Å². The molecule has 1 N–H and O–H groups in total. The molecule has 5 nitrogen and oxygen atoms in total. The summed E-state index contributed by atoms with van der Waals surface area (Å²) >= 11 is 0. The van der Waals surface area contributed by atoms with Gasteiger partial charge in [-0.25, -0.2) is 9.18 Å². The molecule has 0 bridgehead atoms. The first-order valence-corrected chi connectivity index (χ1v) is 8.79. The Morgan fingerprint density at radius 2 is 1.81 bits per heavy atom. The number of rotatable bonds is 7. The fourth-order valence-corrected chi connectivity index (χ4v) is 3.10. The minimum Gasteiger partial charge on any atom is -0.354 e. The van der Waals surface area contributed by atoms with Gasteiger partial charge in [-0.05, 0) is 42.7 Å². The van der Waals surface area contributed by atoms with E-state index in [9.17, 15) is 14.0 Å². The highest BCUT2D eigenvalue weighted by Gasteiger charge is 2.14. The smallest absolute Gasteiger partial charge is 0.329 e. The molecule has 0 fully saturated rings. The molecular weight excluding hydrogens is 333 g/mol. The Kier molecular flexibility index (Phi) is 5.51. The first-order valence-electron chi connectivity index (χ1n) is 8.79. The van der Waals surface area contributed by atoms with Gasteiger partial charge in [0.25, 0.3) is 0 Å². The number of hydrogen-bond donors (Lipinski definition) is 1. The predicted octanol–water partition coefficient (Wildman–Crippen LogP) is 2.71. The van der Waals surface area contributed by atoms with E-state index in [2.05, 4.69) is 5.32 Å². The normalized spacial score (nSPS) is 11.0. The molecule has 2 aromatic carbocycles. The molecule has 1 aromatic heterocycles. The summed E-state index contributed by atoms with van der Waals surface area (Å²) in [6.45, 7) is 3.00. The molecule has 0 aliphatic rings. The zero-order valence-electron chi connectivity index (χ0n) is 14.7. The lowest BCUT2D eigenvalue weighted by molar-refractivity contribution is -0.121. The number of imidazole rings is 1. The van der Waals surface area contributed by atoms with Crippen molar-refractivity contribution in [2.45, 2.75) is 32.9 Å². The fraction of sp³-hybridized carbons (Fsp3) is 0.300. The number of halogens is 1. The highest BCUT2D eigenvalue weighted by molar-refractivity contribution is 5.80. The van der Waals surface area contributed by atoms with Gasteiger partial charge in [0.1, 0.15) is 12.4 Å². The minimum atomic E-state index is -0.288. The van der Waals surface area contributed by atoms with Crippen LogP contribution in [0.15, 0.2) is 53.3 Å². The molecule has 0 saturated heterocycles. The Bertz CT molecular complexity index is 975. The third kappa shape index (κ3) is 3.85. The SMILES string of the molecule is CCCn1c(=O)n(CC(=O)NCCc2cccc(F)c2)c2ccccc21. The summed E-state index contributed by atoms with van der Waals surface area (Å²) in [7, 11) is 0. The number of carbonyl (C=O) groups is 1. The molecule has 0 radical (unpaired) electrons. The average Bonchev–Trinajstić information content (AvgIpc) is 2.88. The maximum absolute atomic E-state index is 13.2. The summed E-state index contributed by atoms with van der Waals surface area (Å²) in [4.78, 5) is 24.9. The number of amides is 1. The molecule has 26 heavy (non-hydrogen) atoms. The Morgan fingerprint density at radius 1 is 1.08 bits per heavy atom. The van der Waals surface area contributed by atoms with Crippen LogP contribution in [0.3, 0.4) is 0 Å². The number of benzene rings is 2. The fourth-order valence-electron chi connectivity index (χ4n) is 3.10. The maximum atomic E-state index is 13.2. The van der Waals surface area contributed by atoms with Gasteiger partial charge in [-0.3, -0.25) is 13.9 Å². The zero-order chi connectivity index (χ0) is 18.5. The number of nitrogens with one attached hydrogen (secondary N) is 1. The molecule has 1 amide bonds. The monoisotopic (exact) mass is 355 g/mol. The molecule has 6 heteroatoms. The standard InChI is InChI=1S/C20H22FN3O2/c1-2-12-23-17-8-3-4-9-18(17)24(20(23)26)14-19(25)22-11-10-15-6-5-7-16(21)13-15/h3-9,13H,2,10-12,14H2,1H3,(H,22,25). The summed E-state index contributed by atoms with van der Waals surface area (Å²) < 4.78 is 16.4. The molecule has 0 aliphatic heterocycles. The van der Waals surface area contributed by atoms with Crippen LogP contribution in [0.5, 0.6) is 0 Å². The third-order valence-corrected chi connectivity index (χ3v) is 4.30. The summed E-state index contributed by atoms with van der Waals surface area (Å²) in [6, 6.07) is 13.8. The van der Waals surface area contributed by atoms with E-state index in [0.717, 1.165) is 23.0 Å². The van der Waals surface area contributed by atoms with Gasteiger partial charge in [0.05, 0.1) is 11.0 Å².